The smallest absolute Gasteiger partial charge is 0.100 e. The minimum absolute atomic E-state index is 0.749. The Hall–Kier alpha value is -1.08. The summed E-state index contributed by atoms with van der Waals surface area (Å²) >= 11 is 2.22. The molecule has 2 aromatic rings. The topological polar surface area (TPSA) is 23.8 Å². The minimum Gasteiger partial charge on any atom is -0.192 e. The van der Waals surface area contributed by atoms with Crippen molar-refractivity contribution in [3.8, 4) is 6.07 Å². The highest BCUT2D eigenvalue weighted by atomic mass is 127. The third kappa shape index (κ3) is 1.40. The molecule has 0 N–H and O–H groups in total. The Balaban J connectivity index is 2.89. The normalized spacial score (nSPS) is 9.85. The monoisotopic (exact) mass is 279 g/mol. The number of benzene rings is 2. The third-order valence-electron chi connectivity index (χ3n) is 1.98. The van der Waals surface area contributed by atoms with Gasteiger partial charge in [0, 0.05) is 3.57 Å². The van der Waals surface area contributed by atoms with Crippen molar-refractivity contribution in [2.24, 2.45) is 0 Å². The zero-order valence-corrected chi connectivity index (χ0v) is 8.95. The molecule has 62 valence electrons. The number of nitriles is 1. The molecule has 0 radical (unpaired) electrons. The molecule has 0 aliphatic heterocycles. The Labute approximate surface area is 90.1 Å². The second kappa shape index (κ2) is 3.35. The molecule has 0 fully saturated rings. The van der Waals surface area contributed by atoms with Gasteiger partial charge in [0.15, 0.2) is 0 Å². The van der Waals surface area contributed by atoms with E-state index in [1.807, 2.05) is 30.3 Å². The zero-order chi connectivity index (χ0) is 9.26. The summed E-state index contributed by atoms with van der Waals surface area (Å²) in [5.74, 6) is 0. The van der Waals surface area contributed by atoms with E-state index in [2.05, 4.69) is 34.7 Å². The largest absolute Gasteiger partial charge is 0.192 e. The van der Waals surface area contributed by atoms with Crippen molar-refractivity contribution in [1.82, 2.24) is 0 Å². The second-order valence-electron chi connectivity index (χ2n) is 2.76. The van der Waals surface area contributed by atoms with Crippen molar-refractivity contribution in [1.29, 1.82) is 5.26 Å². The molecule has 0 unspecified atom stereocenters. The van der Waals surface area contributed by atoms with Gasteiger partial charge in [0.1, 0.15) is 6.07 Å². The Kier molecular flexibility index (Phi) is 2.19. The molecule has 0 saturated carbocycles. The van der Waals surface area contributed by atoms with Crippen molar-refractivity contribution in [3.63, 3.8) is 0 Å². The number of halogens is 1. The van der Waals surface area contributed by atoms with Gasteiger partial charge < -0.3 is 0 Å². The van der Waals surface area contributed by atoms with Crippen LogP contribution in [-0.2, 0) is 0 Å². The summed E-state index contributed by atoms with van der Waals surface area (Å²) in [5.41, 5.74) is 0.749. The Morgan fingerprint density at radius 3 is 2.62 bits per heavy atom. The maximum absolute atomic E-state index is 8.82. The summed E-state index contributed by atoms with van der Waals surface area (Å²) in [7, 11) is 0. The molecule has 0 aliphatic rings. The second-order valence-corrected chi connectivity index (χ2v) is 3.84. The van der Waals surface area contributed by atoms with Crippen LogP contribution in [0.2, 0.25) is 0 Å². The van der Waals surface area contributed by atoms with Crippen LogP contribution in [0.15, 0.2) is 36.4 Å². The minimum atomic E-state index is 0.749. The Bertz CT molecular complexity index is 497. The first kappa shape index (κ1) is 8.52. The van der Waals surface area contributed by atoms with Crippen LogP contribution in [0.3, 0.4) is 0 Å². The molecule has 2 rings (SSSR count). The summed E-state index contributed by atoms with van der Waals surface area (Å²) in [4.78, 5) is 0. The van der Waals surface area contributed by atoms with Gasteiger partial charge in [0.05, 0.1) is 5.56 Å². The number of hydrogen-bond donors (Lipinski definition) is 0. The fraction of sp³-hybridized carbons (Fsp3) is 0. The SMILES string of the molecule is N#Cc1ccc2ccccc2c1I. The van der Waals surface area contributed by atoms with E-state index in [1.165, 1.54) is 5.39 Å². The highest BCUT2D eigenvalue weighted by molar-refractivity contribution is 14.1. The van der Waals surface area contributed by atoms with E-state index >= 15 is 0 Å². The van der Waals surface area contributed by atoms with E-state index in [4.69, 9.17) is 5.26 Å². The Morgan fingerprint density at radius 2 is 1.85 bits per heavy atom. The molecule has 13 heavy (non-hydrogen) atoms. The van der Waals surface area contributed by atoms with Crippen molar-refractivity contribution < 1.29 is 0 Å². The van der Waals surface area contributed by atoms with Crippen LogP contribution in [0.5, 0.6) is 0 Å². The lowest BCUT2D eigenvalue weighted by atomic mass is 10.1. The lowest BCUT2D eigenvalue weighted by Gasteiger charge is -2.01. The molecule has 0 aromatic heterocycles. The number of rotatable bonds is 0. The fourth-order valence-corrected chi connectivity index (χ4v) is 2.11. The van der Waals surface area contributed by atoms with Gasteiger partial charge in [-0.15, -0.1) is 0 Å². The van der Waals surface area contributed by atoms with Crippen LogP contribution in [-0.4, -0.2) is 0 Å². The summed E-state index contributed by atoms with van der Waals surface area (Å²) < 4.78 is 1.04. The maximum Gasteiger partial charge on any atom is 0.100 e. The van der Waals surface area contributed by atoms with E-state index < -0.39 is 0 Å². The van der Waals surface area contributed by atoms with Gasteiger partial charge in [0.2, 0.25) is 0 Å². The highest BCUT2D eigenvalue weighted by Crippen LogP contribution is 2.23. The average molecular weight is 279 g/mol. The molecular weight excluding hydrogens is 273 g/mol. The third-order valence-corrected chi connectivity index (χ3v) is 3.15. The van der Waals surface area contributed by atoms with Crippen molar-refractivity contribution in [3.05, 3.63) is 45.5 Å². The van der Waals surface area contributed by atoms with Gasteiger partial charge >= 0.3 is 0 Å². The quantitative estimate of drug-likeness (QED) is 0.679. The first-order valence-electron chi connectivity index (χ1n) is 3.90. The fourth-order valence-electron chi connectivity index (χ4n) is 1.32. The number of fused-ring (bicyclic) bond motifs is 1. The van der Waals surface area contributed by atoms with E-state index in [9.17, 15) is 0 Å². The molecule has 0 bridgehead atoms. The number of nitrogens with zero attached hydrogens (tertiary/aromatic N) is 1. The summed E-state index contributed by atoms with van der Waals surface area (Å²) in [6, 6.07) is 14.1. The lowest BCUT2D eigenvalue weighted by molar-refractivity contribution is 1.48. The van der Waals surface area contributed by atoms with Crippen LogP contribution in [0.4, 0.5) is 0 Å². The first-order valence-corrected chi connectivity index (χ1v) is 4.98. The molecular formula is C11H6IN. The van der Waals surface area contributed by atoms with Gasteiger partial charge in [-0.25, -0.2) is 0 Å². The average Bonchev–Trinajstić information content (AvgIpc) is 2.19. The van der Waals surface area contributed by atoms with Gasteiger partial charge in [0.25, 0.3) is 0 Å². The predicted octanol–water partition coefficient (Wildman–Crippen LogP) is 3.32. The van der Waals surface area contributed by atoms with Crippen molar-refractivity contribution in [2.75, 3.05) is 0 Å². The van der Waals surface area contributed by atoms with Gasteiger partial charge in [-0.1, -0.05) is 30.3 Å². The molecule has 0 atom stereocenters. The molecule has 1 nitrogen and oxygen atoms in total. The molecule has 0 amide bonds. The van der Waals surface area contributed by atoms with Gasteiger partial charge in [-0.2, -0.15) is 5.26 Å². The van der Waals surface area contributed by atoms with Crippen LogP contribution in [0, 0.1) is 14.9 Å². The predicted molar refractivity (Wildman–Crippen MR) is 61.4 cm³/mol. The standard InChI is InChI=1S/C11H6IN/c12-11-9(7-13)6-5-8-3-1-2-4-10(8)11/h1-6H. The van der Waals surface area contributed by atoms with Crippen LogP contribution >= 0.6 is 22.6 Å². The van der Waals surface area contributed by atoms with Crippen LogP contribution in [0.1, 0.15) is 5.56 Å². The first-order chi connectivity index (χ1) is 6.33. The molecule has 0 aliphatic carbocycles. The van der Waals surface area contributed by atoms with Gasteiger partial charge in [-0.05, 0) is 39.4 Å². The van der Waals surface area contributed by atoms with E-state index in [0.717, 1.165) is 14.5 Å². The van der Waals surface area contributed by atoms with E-state index in [-0.39, 0.29) is 0 Å². The van der Waals surface area contributed by atoms with Crippen molar-refractivity contribution in [2.45, 2.75) is 0 Å². The van der Waals surface area contributed by atoms with E-state index in [1.54, 1.807) is 0 Å². The van der Waals surface area contributed by atoms with Gasteiger partial charge in [-0.3, -0.25) is 0 Å². The summed E-state index contributed by atoms with van der Waals surface area (Å²) in [6.45, 7) is 0. The molecule has 2 aromatic carbocycles. The molecule has 0 heterocycles. The molecule has 0 spiro atoms. The summed E-state index contributed by atoms with van der Waals surface area (Å²) in [5, 5.41) is 11.2. The Morgan fingerprint density at radius 1 is 1.08 bits per heavy atom. The maximum atomic E-state index is 8.82. The van der Waals surface area contributed by atoms with Crippen LogP contribution < -0.4 is 0 Å². The van der Waals surface area contributed by atoms with E-state index in [0.29, 0.717) is 0 Å². The number of hydrogen-bond acceptors (Lipinski definition) is 1. The molecule has 2 heteroatoms. The summed E-state index contributed by atoms with van der Waals surface area (Å²) in [6.07, 6.45) is 0. The van der Waals surface area contributed by atoms with Crippen molar-refractivity contribution >= 4 is 33.4 Å². The highest BCUT2D eigenvalue weighted by Gasteiger charge is 2.02. The zero-order valence-electron chi connectivity index (χ0n) is 6.79. The lowest BCUT2D eigenvalue weighted by Crippen LogP contribution is -1.83. The van der Waals surface area contributed by atoms with Crippen LogP contribution in [0.25, 0.3) is 10.8 Å². The molecule has 0 saturated heterocycles.